The Kier molecular flexibility index (Phi) is 4.40. The van der Waals surface area contributed by atoms with Crippen molar-refractivity contribution in [2.45, 2.75) is 40.2 Å². The minimum Gasteiger partial charge on any atom is -0.271 e. The summed E-state index contributed by atoms with van der Waals surface area (Å²) in [7, 11) is 0. The highest BCUT2D eigenvalue weighted by Gasteiger charge is 2.16. The second-order valence-corrected chi connectivity index (χ2v) is 6.22. The van der Waals surface area contributed by atoms with Crippen molar-refractivity contribution in [1.29, 1.82) is 0 Å². The fraction of sp³-hybridized carbons (Fsp3) is 0.375. The largest absolute Gasteiger partial charge is 0.271 e. The molecule has 0 aliphatic carbocycles. The maximum Gasteiger partial charge on any atom is 0.0596 e. The van der Waals surface area contributed by atoms with Crippen LogP contribution in [0.15, 0.2) is 23.6 Å². The number of hydrazine groups is 1. The van der Waals surface area contributed by atoms with Crippen molar-refractivity contribution in [1.82, 2.24) is 5.43 Å². The number of aryl methyl sites for hydroxylation is 4. The molecule has 0 fully saturated rings. The van der Waals surface area contributed by atoms with Crippen LogP contribution < -0.4 is 11.3 Å². The first-order chi connectivity index (χ1) is 9.02. The molecule has 0 spiro atoms. The van der Waals surface area contributed by atoms with Crippen LogP contribution in [0.25, 0.3) is 0 Å². The van der Waals surface area contributed by atoms with Gasteiger partial charge in [0.05, 0.1) is 6.04 Å². The van der Waals surface area contributed by atoms with Crippen LogP contribution in [0.4, 0.5) is 0 Å². The van der Waals surface area contributed by atoms with Gasteiger partial charge in [0.2, 0.25) is 0 Å². The first-order valence-electron chi connectivity index (χ1n) is 6.59. The number of rotatable bonds is 4. The van der Waals surface area contributed by atoms with E-state index in [1.807, 2.05) is 0 Å². The molecule has 0 bridgehead atoms. The zero-order valence-electron chi connectivity index (χ0n) is 12.1. The van der Waals surface area contributed by atoms with Crippen LogP contribution in [0.5, 0.6) is 0 Å². The molecule has 0 radical (unpaired) electrons. The maximum absolute atomic E-state index is 5.77. The van der Waals surface area contributed by atoms with Crippen LogP contribution in [-0.4, -0.2) is 0 Å². The molecule has 1 aromatic carbocycles. The number of benzene rings is 1. The average Bonchev–Trinajstić information content (AvgIpc) is 2.75. The lowest BCUT2D eigenvalue weighted by Gasteiger charge is -2.19. The Hall–Kier alpha value is -1.16. The number of thiophene rings is 1. The van der Waals surface area contributed by atoms with Gasteiger partial charge in [-0.2, -0.15) is 0 Å². The summed E-state index contributed by atoms with van der Waals surface area (Å²) in [5.74, 6) is 5.77. The second kappa shape index (κ2) is 5.87. The topological polar surface area (TPSA) is 38.0 Å². The standard InChI is InChI=1S/C16H22N2S/c1-10-7-12(3)14(13(4)8-10)9-15(18-17)16-11(2)5-6-19-16/h5-8,15,18H,9,17H2,1-4H3. The van der Waals surface area contributed by atoms with E-state index in [-0.39, 0.29) is 6.04 Å². The molecule has 2 rings (SSSR count). The predicted octanol–water partition coefficient (Wildman–Crippen LogP) is 3.73. The molecular weight excluding hydrogens is 252 g/mol. The minimum atomic E-state index is 0.195. The normalized spacial score (nSPS) is 12.7. The average molecular weight is 274 g/mol. The van der Waals surface area contributed by atoms with Gasteiger partial charge in [-0.15, -0.1) is 11.3 Å². The molecule has 102 valence electrons. The number of nitrogens with one attached hydrogen (secondary N) is 1. The van der Waals surface area contributed by atoms with Gasteiger partial charge in [-0.3, -0.25) is 11.3 Å². The molecule has 2 aromatic rings. The van der Waals surface area contributed by atoms with Crippen LogP contribution >= 0.6 is 11.3 Å². The first-order valence-corrected chi connectivity index (χ1v) is 7.47. The van der Waals surface area contributed by atoms with E-state index in [0.29, 0.717) is 0 Å². The van der Waals surface area contributed by atoms with Gasteiger partial charge < -0.3 is 0 Å². The third-order valence-corrected chi connectivity index (χ3v) is 4.80. The zero-order valence-corrected chi connectivity index (χ0v) is 12.9. The fourth-order valence-corrected chi connectivity index (χ4v) is 3.69. The van der Waals surface area contributed by atoms with E-state index in [4.69, 9.17) is 5.84 Å². The summed E-state index contributed by atoms with van der Waals surface area (Å²) in [5, 5.41) is 2.13. The third-order valence-electron chi connectivity index (χ3n) is 3.67. The van der Waals surface area contributed by atoms with E-state index in [9.17, 15) is 0 Å². The van der Waals surface area contributed by atoms with Crippen LogP contribution in [-0.2, 0) is 6.42 Å². The molecule has 1 unspecified atom stereocenters. The Morgan fingerprint density at radius 2 is 1.74 bits per heavy atom. The Labute approximate surface area is 119 Å². The second-order valence-electron chi connectivity index (χ2n) is 5.27. The van der Waals surface area contributed by atoms with Crippen molar-refractivity contribution in [3.8, 4) is 0 Å². The van der Waals surface area contributed by atoms with E-state index in [2.05, 4.69) is 56.7 Å². The molecule has 1 atom stereocenters. The Balaban J connectivity index is 2.32. The molecule has 2 nitrogen and oxygen atoms in total. The molecule has 19 heavy (non-hydrogen) atoms. The molecule has 0 saturated carbocycles. The Morgan fingerprint density at radius 1 is 1.11 bits per heavy atom. The molecular formula is C16H22N2S. The maximum atomic E-state index is 5.77. The molecule has 3 heteroatoms. The first kappa shape index (κ1) is 14.3. The zero-order chi connectivity index (χ0) is 14.0. The van der Waals surface area contributed by atoms with E-state index in [0.717, 1.165) is 6.42 Å². The summed E-state index contributed by atoms with van der Waals surface area (Å²) in [4.78, 5) is 1.34. The van der Waals surface area contributed by atoms with Gasteiger partial charge in [-0.05, 0) is 67.8 Å². The number of hydrogen-bond donors (Lipinski definition) is 2. The van der Waals surface area contributed by atoms with Crippen molar-refractivity contribution in [2.75, 3.05) is 0 Å². The van der Waals surface area contributed by atoms with Crippen molar-refractivity contribution in [3.63, 3.8) is 0 Å². The number of nitrogens with two attached hydrogens (primary N) is 1. The summed E-state index contributed by atoms with van der Waals surface area (Å²) >= 11 is 1.77. The van der Waals surface area contributed by atoms with Crippen LogP contribution in [0.3, 0.4) is 0 Å². The highest BCUT2D eigenvalue weighted by atomic mass is 32.1. The Bertz CT molecular complexity index is 549. The van der Waals surface area contributed by atoms with E-state index >= 15 is 0 Å². The van der Waals surface area contributed by atoms with Gasteiger partial charge in [0.25, 0.3) is 0 Å². The van der Waals surface area contributed by atoms with Crippen LogP contribution in [0.1, 0.15) is 38.7 Å². The summed E-state index contributed by atoms with van der Waals surface area (Å²) in [6, 6.07) is 6.84. The summed E-state index contributed by atoms with van der Waals surface area (Å²) < 4.78 is 0. The van der Waals surface area contributed by atoms with Gasteiger partial charge in [-0.1, -0.05) is 17.7 Å². The summed E-state index contributed by atoms with van der Waals surface area (Å²) in [6.07, 6.45) is 0.940. The van der Waals surface area contributed by atoms with Crippen molar-refractivity contribution >= 4 is 11.3 Å². The summed E-state index contributed by atoms with van der Waals surface area (Å²) in [5.41, 5.74) is 9.72. The molecule has 0 saturated heterocycles. The highest BCUT2D eigenvalue weighted by Crippen LogP contribution is 2.28. The van der Waals surface area contributed by atoms with E-state index < -0.39 is 0 Å². The fourth-order valence-electron chi connectivity index (χ4n) is 2.70. The van der Waals surface area contributed by atoms with E-state index in [1.54, 1.807) is 11.3 Å². The molecule has 1 heterocycles. The number of hydrogen-bond acceptors (Lipinski definition) is 3. The molecule has 0 aliphatic heterocycles. The van der Waals surface area contributed by atoms with Gasteiger partial charge in [0.15, 0.2) is 0 Å². The molecule has 3 N–H and O–H groups in total. The van der Waals surface area contributed by atoms with Gasteiger partial charge in [0.1, 0.15) is 0 Å². The van der Waals surface area contributed by atoms with Crippen molar-refractivity contribution < 1.29 is 0 Å². The lowest BCUT2D eigenvalue weighted by molar-refractivity contribution is 0.556. The smallest absolute Gasteiger partial charge is 0.0596 e. The quantitative estimate of drug-likeness (QED) is 0.658. The minimum absolute atomic E-state index is 0.195. The van der Waals surface area contributed by atoms with Crippen molar-refractivity contribution in [2.24, 2.45) is 5.84 Å². The lowest BCUT2D eigenvalue weighted by atomic mass is 9.93. The molecule has 0 aliphatic rings. The summed E-state index contributed by atoms with van der Waals surface area (Å²) in [6.45, 7) is 8.66. The van der Waals surface area contributed by atoms with Crippen LogP contribution in [0.2, 0.25) is 0 Å². The predicted molar refractivity (Wildman–Crippen MR) is 83.5 cm³/mol. The van der Waals surface area contributed by atoms with Gasteiger partial charge in [-0.25, -0.2) is 0 Å². The molecule has 0 amide bonds. The highest BCUT2D eigenvalue weighted by molar-refractivity contribution is 7.10. The monoisotopic (exact) mass is 274 g/mol. The van der Waals surface area contributed by atoms with E-state index in [1.165, 1.54) is 32.7 Å². The lowest BCUT2D eigenvalue weighted by Crippen LogP contribution is -2.29. The van der Waals surface area contributed by atoms with Crippen molar-refractivity contribution in [3.05, 3.63) is 56.3 Å². The SMILES string of the molecule is Cc1cc(C)c(CC(NN)c2sccc2C)c(C)c1. The van der Waals surface area contributed by atoms with Gasteiger partial charge >= 0.3 is 0 Å². The van der Waals surface area contributed by atoms with Gasteiger partial charge in [0, 0.05) is 4.88 Å². The third kappa shape index (κ3) is 3.06. The Morgan fingerprint density at radius 3 is 2.21 bits per heavy atom. The van der Waals surface area contributed by atoms with Crippen LogP contribution in [0, 0.1) is 27.7 Å². The molecule has 1 aromatic heterocycles.